The Morgan fingerprint density at radius 2 is 1.82 bits per heavy atom. The first-order chi connectivity index (χ1) is 13.6. The molecule has 1 fully saturated rings. The Morgan fingerprint density at radius 1 is 1.07 bits per heavy atom. The Hall–Kier alpha value is -2.41. The zero-order chi connectivity index (χ0) is 19.5. The summed E-state index contributed by atoms with van der Waals surface area (Å²) in [5.41, 5.74) is 3.50. The number of aromatic nitrogens is 2. The van der Waals surface area contributed by atoms with Crippen molar-refractivity contribution in [3.05, 3.63) is 70.6 Å². The molecule has 1 aliphatic rings. The Kier molecular flexibility index (Phi) is 5.62. The molecule has 3 aromatic rings. The first kappa shape index (κ1) is 18.9. The minimum Gasteiger partial charge on any atom is -0.346 e. The first-order valence-corrected chi connectivity index (χ1v) is 9.86. The number of hydrogen-bond acceptors (Lipinski definition) is 4. The number of halogens is 1. The molecular formula is C21H24ClN5O. The monoisotopic (exact) mass is 397 g/mol. The largest absolute Gasteiger partial charge is 0.346 e. The number of nitrogens with one attached hydrogen (secondary N) is 1. The number of pyridine rings is 1. The Bertz CT molecular complexity index is 961. The minimum atomic E-state index is -0.0961. The van der Waals surface area contributed by atoms with Crippen LogP contribution >= 0.6 is 11.6 Å². The molecule has 1 aliphatic heterocycles. The fraction of sp³-hybridized carbons (Fsp3) is 0.333. The van der Waals surface area contributed by atoms with Crippen molar-refractivity contribution >= 4 is 23.2 Å². The summed E-state index contributed by atoms with van der Waals surface area (Å²) in [5, 5.41) is 3.58. The maximum Gasteiger partial charge on any atom is 0.251 e. The van der Waals surface area contributed by atoms with E-state index in [2.05, 4.69) is 27.1 Å². The molecule has 0 bridgehead atoms. The third-order valence-corrected chi connectivity index (χ3v) is 5.34. The average molecular weight is 398 g/mol. The van der Waals surface area contributed by atoms with Crippen LogP contribution < -0.4 is 5.32 Å². The number of hydrogen-bond donors (Lipinski definition) is 1. The van der Waals surface area contributed by atoms with Crippen LogP contribution in [0.1, 0.15) is 21.6 Å². The minimum absolute atomic E-state index is 0.0961. The quantitative estimate of drug-likeness (QED) is 0.719. The van der Waals surface area contributed by atoms with E-state index in [1.54, 1.807) is 12.3 Å². The second-order valence-electron chi connectivity index (χ2n) is 7.30. The SMILES string of the molecule is CN1CCN(Cc2ccc(C(=O)NCc3cn4cc(Cl)ccc4n3)cc2)CC1. The molecular weight excluding hydrogens is 374 g/mol. The highest BCUT2D eigenvalue weighted by Crippen LogP contribution is 2.13. The Labute approximate surface area is 169 Å². The van der Waals surface area contributed by atoms with Crippen molar-refractivity contribution in [1.29, 1.82) is 0 Å². The van der Waals surface area contributed by atoms with Gasteiger partial charge in [0.1, 0.15) is 5.65 Å². The maximum atomic E-state index is 12.4. The van der Waals surface area contributed by atoms with Crippen LogP contribution in [-0.2, 0) is 13.1 Å². The zero-order valence-electron chi connectivity index (χ0n) is 15.9. The van der Waals surface area contributed by atoms with Crippen molar-refractivity contribution < 1.29 is 4.79 Å². The number of imidazole rings is 1. The molecule has 1 amide bonds. The van der Waals surface area contributed by atoms with Gasteiger partial charge in [-0.05, 0) is 36.9 Å². The lowest BCUT2D eigenvalue weighted by Gasteiger charge is -2.32. The summed E-state index contributed by atoms with van der Waals surface area (Å²) in [5.74, 6) is -0.0961. The molecule has 0 atom stereocenters. The number of nitrogens with zero attached hydrogens (tertiary/aromatic N) is 4. The van der Waals surface area contributed by atoms with Crippen LogP contribution in [0.2, 0.25) is 5.02 Å². The molecule has 0 unspecified atom stereocenters. The van der Waals surface area contributed by atoms with Crippen LogP contribution in [-0.4, -0.2) is 58.3 Å². The number of rotatable bonds is 5. The lowest BCUT2D eigenvalue weighted by molar-refractivity contribution is 0.0950. The number of carbonyl (C=O) groups is 1. The molecule has 0 aliphatic carbocycles. The summed E-state index contributed by atoms with van der Waals surface area (Å²) in [6.45, 7) is 5.69. The van der Waals surface area contributed by atoms with Crippen LogP contribution in [0.5, 0.6) is 0 Å². The van der Waals surface area contributed by atoms with E-state index in [-0.39, 0.29) is 5.91 Å². The number of piperazine rings is 1. The normalized spacial score (nSPS) is 15.8. The highest BCUT2D eigenvalue weighted by atomic mass is 35.5. The molecule has 146 valence electrons. The predicted octanol–water partition coefficient (Wildman–Crippen LogP) is 2.67. The van der Waals surface area contributed by atoms with Crippen molar-refractivity contribution in [1.82, 2.24) is 24.5 Å². The summed E-state index contributed by atoms with van der Waals surface area (Å²) >= 11 is 5.99. The van der Waals surface area contributed by atoms with E-state index in [9.17, 15) is 4.79 Å². The number of carbonyl (C=O) groups excluding carboxylic acids is 1. The Morgan fingerprint density at radius 3 is 2.57 bits per heavy atom. The standard InChI is InChI=1S/C21H24ClN5O/c1-25-8-10-26(11-9-25)13-16-2-4-17(5-3-16)21(28)23-12-19-15-27-14-18(22)6-7-20(27)24-19/h2-7,14-15H,8-13H2,1H3,(H,23,28). The van der Waals surface area contributed by atoms with Gasteiger partial charge >= 0.3 is 0 Å². The fourth-order valence-electron chi connectivity index (χ4n) is 3.40. The highest BCUT2D eigenvalue weighted by Gasteiger charge is 2.14. The molecule has 3 heterocycles. The van der Waals surface area contributed by atoms with Gasteiger partial charge in [-0.25, -0.2) is 4.98 Å². The number of amides is 1. The maximum absolute atomic E-state index is 12.4. The van der Waals surface area contributed by atoms with E-state index in [0.29, 0.717) is 17.1 Å². The van der Waals surface area contributed by atoms with Crippen molar-refractivity contribution in [2.75, 3.05) is 33.2 Å². The smallest absolute Gasteiger partial charge is 0.251 e. The van der Waals surface area contributed by atoms with Crippen molar-refractivity contribution in [2.45, 2.75) is 13.1 Å². The van der Waals surface area contributed by atoms with Crippen molar-refractivity contribution in [3.8, 4) is 0 Å². The van der Waals surface area contributed by atoms with Gasteiger partial charge in [-0.15, -0.1) is 0 Å². The molecule has 1 N–H and O–H groups in total. The molecule has 28 heavy (non-hydrogen) atoms. The van der Waals surface area contributed by atoms with Gasteiger partial charge in [-0.3, -0.25) is 9.69 Å². The summed E-state index contributed by atoms with van der Waals surface area (Å²) in [6, 6.07) is 11.5. The van der Waals surface area contributed by atoms with Gasteiger partial charge in [0, 0.05) is 50.7 Å². The van der Waals surface area contributed by atoms with Crippen molar-refractivity contribution in [2.24, 2.45) is 0 Å². The van der Waals surface area contributed by atoms with E-state index < -0.39 is 0 Å². The van der Waals surface area contributed by atoms with Crippen LogP contribution in [0.25, 0.3) is 5.65 Å². The van der Waals surface area contributed by atoms with Gasteiger partial charge < -0.3 is 14.6 Å². The van der Waals surface area contributed by atoms with E-state index in [0.717, 1.165) is 44.1 Å². The lowest BCUT2D eigenvalue weighted by atomic mass is 10.1. The highest BCUT2D eigenvalue weighted by molar-refractivity contribution is 6.30. The van der Waals surface area contributed by atoms with Crippen LogP contribution in [0.15, 0.2) is 48.8 Å². The lowest BCUT2D eigenvalue weighted by Crippen LogP contribution is -2.43. The summed E-state index contributed by atoms with van der Waals surface area (Å²) < 4.78 is 1.86. The number of benzene rings is 1. The summed E-state index contributed by atoms with van der Waals surface area (Å²) in [7, 11) is 2.16. The second kappa shape index (κ2) is 8.31. The van der Waals surface area contributed by atoms with Gasteiger partial charge in [-0.1, -0.05) is 23.7 Å². The van der Waals surface area contributed by atoms with Crippen LogP contribution in [0.3, 0.4) is 0 Å². The molecule has 0 radical (unpaired) electrons. The molecule has 7 heteroatoms. The molecule has 2 aromatic heterocycles. The van der Waals surface area contributed by atoms with E-state index in [1.807, 2.05) is 40.9 Å². The topological polar surface area (TPSA) is 52.9 Å². The number of likely N-dealkylation sites (N-methyl/N-ethyl adjacent to an activating group) is 1. The summed E-state index contributed by atoms with van der Waals surface area (Å²) in [6.07, 6.45) is 3.68. The van der Waals surface area contributed by atoms with Crippen LogP contribution in [0.4, 0.5) is 0 Å². The molecule has 0 spiro atoms. The van der Waals surface area contributed by atoms with Gasteiger partial charge in [0.15, 0.2) is 0 Å². The third kappa shape index (κ3) is 4.52. The molecule has 6 nitrogen and oxygen atoms in total. The van der Waals surface area contributed by atoms with Gasteiger partial charge in [0.05, 0.1) is 17.3 Å². The third-order valence-electron chi connectivity index (χ3n) is 5.11. The van der Waals surface area contributed by atoms with Gasteiger partial charge in [-0.2, -0.15) is 0 Å². The molecule has 0 saturated carbocycles. The van der Waals surface area contributed by atoms with Crippen LogP contribution in [0, 0.1) is 0 Å². The fourth-order valence-corrected chi connectivity index (χ4v) is 3.57. The first-order valence-electron chi connectivity index (χ1n) is 9.48. The molecule has 1 saturated heterocycles. The van der Waals surface area contributed by atoms with Gasteiger partial charge in [0.25, 0.3) is 5.91 Å². The molecule has 4 rings (SSSR count). The van der Waals surface area contributed by atoms with E-state index in [4.69, 9.17) is 11.6 Å². The number of fused-ring (bicyclic) bond motifs is 1. The zero-order valence-corrected chi connectivity index (χ0v) is 16.7. The van der Waals surface area contributed by atoms with E-state index in [1.165, 1.54) is 5.56 Å². The Balaban J connectivity index is 1.32. The van der Waals surface area contributed by atoms with E-state index >= 15 is 0 Å². The van der Waals surface area contributed by atoms with Crippen molar-refractivity contribution in [3.63, 3.8) is 0 Å². The molecule has 1 aromatic carbocycles. The second-order valence-corrected chi connectivity index (χ2v) is 7.74. The summed E-state index contributed by atoms with van der Waals surface area (Å²) in [4.78, 5) is 21.7. The average Bonchev–Trinajstić information content (AvgIpc) is 3.10. The van der Waals surface area contributed by atoms with Gasteiger partial charge in [0.2, 0.25) is 0 Å². The predicted molar refractivity (Wildman–Crippen MR) is 111 cm³/mol.